The van der Waals surface area contributed by atoms with Crippen molar-refractivity contribution in [3.8, 4) is 5.75 Å². The van der Waals surface area contributed by atoms with Gasteiger partial charge in [0.05, 0.1) is 12.8 Å². The molecule has 0 aliphatic heterocycles. The zero-order chi connectivity index (χ0) is 20.6. The Labute approximate surface area is 174 Å². The summed E-state index contributed by atoms with van der Waals surface area (Å²) in [6.07, 6.45) is 0. The molecule has 6 heteroatoms. The van der Waals surface area contributed by atoms with Gasteiger partial charge in [-0.25, -0.2) is 0 Å². The number of hydrogen-bond acceptors (Lipinski definition) is 4. The third-order valence-corrected chi connectivity index (χ3v) is 5.38. The molecule has 29 heavy (non-hydrogen) atoms. The molecule has 0 aliphatic rings. The molecule has 5 nitrogen and oxygen atoms in total. The van der Waals surface area contributed by atoms with Gasteiger partial charge in [-0.3, -0.25) is 9.59 Å². The van der Waals surface area contributed by atoms with Gasteiger partial charge in [0.15, 0.2) is 0 Å². The molecule has 0 saturated heterocycles. The zero-order valence-corrected chi connectivity index (χ0v) is 17.0. The summed E-state index contributed by atoms with van der Waals surface area (Å²) in [4.78, 5) is 25.6. The van der Waals surface area contributed by atoms with E-state index in [0.29, 0.717) is 17.1 Å². The molecule has 0 aromatic heterocycles. The van der Waals surface area contributed by atoms with Crippen LogP contribution in [0, 0.1) is 0 Å². The highest BCUT2D eigenvalue weighted by atomic mass is 32.2. The van der Waals surface area contributed by atoms with E-state index in [9.17, 15) is 9.59 Å². The van der Waals surface area contributed by atoms with Crippen molar-refractivity contribution in [2.24, 2.45) is 0 Å². The minimum Gasteiger partial charge on any atom is -0.495 e. The van der Waals surface area contributed by atoms with Gasteiger partial charge in [-0.15, -0.1) is 11.8 Å². The molecule has 3 aromatic carbocycles. The third kappa shape index (κ3) is 5.62. The lowest BCUT2D eigenvalue weighted by Gasteiger charge is -2.18. The molecule has 148 valence electrons. The summed E-state index contributed by atoms with van der Waals surface area (Å²) >= 11 is 1.49. The third-order valence-electron chi connectivity index (χ3n) is 4.12. The highest BCUT2D eigenvalue weighted by Crippen LogP contribution is 2.36. The van der Waals surface area contributed by atoms with Crippen LogP contribution in [0.4, 0.5) is 11.4 Å². The van der Waals surface area contributed by atoms with Crippen LogP contribution in [0.3, 0.4) is 0 Å². The van der Waals surface area contributed by atoms with Crippen LogP contribution in [0.15, 0.2) is 83.8 Å². The van der Waals surface area contributed by atoms with E-state index in [1.165, 1.54) is 25.8 Å². The SMILES string of the molecule is COc1ccc(NC(=O)C(Sc2ccccc2)c2ccccc2)cc1NC(C)=O. The van der Waals surface area contributed by atoms with Gasteiger partial charge in [0.2, 0.25) is 11.8 Å². The summed E-state index contributed by atoms with van der Waals surface area (Å²) in [7, 11) is 1.53. The first-order valence-electron chi connectivity index (χ1n) is 9.10. The average molecular weight is 407 g/mol. The van der Waals surface area contributed by atoms with Crippen LogP contribution in [0.25, 0.3) is 0 Å². The number of amides is 2. The molecule has 1 atom stereocenters. The van der Waals surface area contributed by atoms with Crippen LogP contribution < -0.4 is 15.4 Å². The van der Waals surface area contributed by atoms with Crippen LogP contribution in [0.1, 0.15) is 17.7 Å². The van der Waals surface area contributed by atoms with Crippen molar-refractivity contribution in [1.29, 1.82) is 0 Å². The Bertz CT molecular complexity index is 978. The van der Waals surface area contributed by atoms with Crippen LogP contribution in [-0.2, 0) is 9.59 Å². The smallest absolute Gasteiger partial charge is 0.242 e. The summed E-state index contributed by atoms with van der Waals surface area (Å²) in [5.74, 6) is 0.161. The molecule has 0 bridgehead atoms. The maximum atomic E-state index is 13.2. The Hall–Kier alpha value is -3.25. The van der Waals surface area contributed by atoms with E-state index in [1.807, 2.05) is 60.7 Å². The topological polar surface area (TPSA) is 67.4 Å². The first-order valence-corrected chi connectivity index (χ1v) is 9.98. The number of nitrogens with one attached hydrogen (secondary N) is 2. The summed E-state index contributed by atoms with van der Waals surface area (Å²) in [6, 6.07) is 24.6. The molecular weight excluding hydrogens is 384 g/mol. The lowest BCUT2D eigenvalue weighted by Crippen LogP contribution is -2.19. The minimum absolute atomic E-state index is 0.149. The van der Waals surface area contributed by atoms with Crippen molar-refractivity contribution in [3.05, 3.63) is 84.4 Å². The zero-order valence-electron chi connectivity index (χ0n) is 16.2. The van der Waals surface area contributed by atoms with E-state index in [1.54, 1.807) is 18.2 Å². The monoisotopic (exact) mass is 406 g/mol. The lowest BCUT2D eigenvalue weighted by molar-refractivity contribution is -0.116. The van der Waals surface area contributed by atoms with Crippen LogP contribution in [-0.4, -0.2) is 18.9 Å². The van der Waals surface area contributed by atoms with Gasteiger partial charge in [0, 0.05) is 17.5 Å². The number of ether oxygens (including phenoxy) is 1. The summed E-state index contributed by atoms with van der Waals surface area (Å²) in [5.41, 5.74) is 1.99. The van der Waals surface area contributed by atoms with Gasteiger partial charge in [0.25, 0.3) is 0 Å². The van der Waals surface area contributed by atoms with Crippen LogP contribution in [0.5, 0.6) is 5.75 Å². The van der Waals surface area contributed by atoms with Crippen LogP contribution >= 0.6 is 11.8 Å². The van der Waals surface area contributed by atoms with E-state index >= 15 is 0 Å². The number of carbonyl (C=O) groups excluding carboxylic acids is 2. The fourth-order valence-electron chi connectivity index (χ4n) is 2.82. The van der Waals surface area contributed by atoms with Crippen molar-refractivity contribution in [3.63, 3.8) is 0 Å². The fourth-order valence-corrected chi connectivity index (χ4v) is 3.86. The number of carbonyl (C=O) groups is 2. The molecular formula is C23H22N2O3S. The fraction of sp³-hybridized carbons (Fsp3) is 0.130. The van der Waals surface area contributed by atoms with Crippen molar-refractivity contribution in [2.45, 2.75) is 17.1 Å². The predicted octanol–water partition coefficient (Wildman–Crippen LogP) is 5.13. The predicted molar refractivity (Wildman–Crippen MR) is 117 cm³/mol. The molecule has 2 N–H and O–H groups in total. The standard InChI is InChI=1S/C23H22N2O3S/c1-16(26)24-20-15-18(13-14-21(20)28-2)25-23(27)22(17-9-5-3-6-10-17)29-19-11-7-4-8-12-19/h3-15,22H,1-2H3,(H,24,26)(H,25,27). The minimum atomic E-state index is -0.426. The molecule has 0 spiro atoms. The van der Waals surface area contributed by atoms with E-state index < -0.39 is 5.25 Å². The highest BCUT2D eigenvalue weighted by molar-refractivity contribution is 8.00. The van der Waals surface area contributed by atoms with Crippen molar-refractivity contribution < 1.29 is 14.3 Å². The van der Waals surface area contributed by atoms with Crippen molar-refractivity contribution >= 4 is 35.0 Å². The molecule has 3 rings (SSSR count). The number of benzene rings is 3. The Kier molecular flexibility index (Phi) is 6.92. The van der Waals surface area contributed by atoms with Gasteiger partial charge >= 0.3 is 0 Å². The number of methoxy groups -OCH3 is 1. The molecule has 0 aliphatic carbocycles. The van der Waals surface area contributed by atoms with Gasteiger partial charge in [-0.05, 0) is 35.9 Å². The summed E-state index contributed by atoms with van der Waals surface area (Å²) in [6.45, 7) is 1.42. The second-order valence-electron chi connectivity index (χ2n) is 6.31. The first-order chi connectivity index (χ1) is 14.1. The number of rotatable bonds is 7. The van der Waals surface area contributed by atoms with Gasteiger partial charge in [-0.1, -0.05) is 48.5 Å². The quantitative estimate of drug-likeness (QED) is 0.534. The highest BCUT2D eigenvalue weighted by Gasteiger charge is 2.22. The Morgan fingerprint density at radius 2 is 1.55 bits per heavy atom. The van der Waals surface area contributed by atoms with E-state index in [4.69, 9.17) is 4.74 Å². The van der Waals surface area contributed by atoms with Gasteiger partial charge in [0.1, 0.15) is 11.0 Å². The molecule has 0 radical (unpaired) electrons. The largest absolute Gasteiger partial charge is 0.495 e. The summed E-state index contributed by atoms with van der Waals surface area (Å²) in [5, 5.41) is 5.25. The van der Waals surface area contributed by atoms with Crippen LogP contribution in [0.2, 0.25) is 0 Å². The van der Waals surface area contributed by atoms with Crippen molar-refractivity contribution in [1.82, 2.24) is 0 Å². The van der Waals surface area contributed by atoms with Gasteiger partial charge in [-0.2, -0.15) is 0 Å². The Morgan fingerprint density at radius 3 is 2.17 bits per heavy atom. The number of anilines is 2. The van der Waals surface area contributed by atoms with E-state index in [-0.39, 0.29) is 11.8 Å². The second-order valence-corrected chi connectivity index (χ2v) is 7.49. The molecule has 1 unspecified atom stereocenters. The van der Waals surface area contributed by atoms with E-state index in [2.05, 4.69) is 10.6 Å². The normalized spacial score (nSPS) is 11.4. The van der Waals surface area contributed by atoms with E-state index in [0.717, 1.165) is 10.5 Å². The average Bonchev–Trinajstić information content (AvgIpc) is 2.73. The lowest BCUT2D eigenvalue weighted by atomic mass is 10.1. The van der Waals surface area contributed by atoms with Gasteiger partial charge < -0.3 is 15.4 Å². The second kappa shape index (κ2) is 9.80. The maximum Gasteiger partial charge on any atom is 0.242 e. The first kappa shape index (κ1) is 20.5. The Balaban J connectivity index is 1.85. The molecule has 0 heterocycles. The summed E-state index contributed by atoms with van der Waals surface area (Å²) < 4.78 is 5.27. The Morgan fingerprint density at radius 1 is 0.897 bits per heavy atom. The molecule has 3 aromatic rings. The molecule has 0 fully saturated rings. The molecule has 0 saturated carbocycles. The molecule has 2 amide bonds. The maximum absolute atomic E-state index is 13.2. The number of hydrogen-bond donors (Lipinski definition) is 2. The number of thioether (sulfide) groups is 1. The van der Waals surface area contributed by atoms with Crippen molar-refractivity contribution in [2.75, 3.05) is 17.7 Å².